The molecule has 1 fully saturated rings. The van der Waals surface area contributed by atoms with E-state index in [0.717, 1.165) is 49.3 Å². The number of hydrogen-bond donors (Lipinski definition) is 1. The third-order valence-electron chi connectivity index (χ3n) is 4.39. The number of halogens is 1. The molecule has 1 aromatic carbocycles. The topological polar surface area (TPSA) is 53.0 Å². The van der Waals surface area contributed by atoms with E-state index in [1.807, 2.05) is 43.6 Å². The number of nitrogens with zero attached hydrogens (tertiary/aromatic N) is 4. The van der Waals surface area contributed by atoms with Gasteiger partial charge in [0.2, 0.25) is 0 Å². The van der Waals surface area contributed by atoms with E-state index >= 15 is 0 Å². The molecule has 1 aromatic heterocycles. The number of benzene rings is 1. The van der Waals surface area contributed by atoms with Crippen LogP contribution in [0.2, 0.25) is 0 Å². The Bertz CT molecular complexity index is 702. The summed E-state index contributed by atoms with van der Waals surface area (Å²) >= 11 is 0. The smallest absolute Gasteiger partial charge is 0.194 e. The van der Waals surface area contributed by atoms with Gasteiger partial charge in [0.15, 0.2) is 5.96 Å². The molecule has 6 nitrogen and oxygen atoms in total. The molecule has 0 radical (unpaired) electrons. The number of rotatable bonds is 4. The molecule has 0 atom stereocenters. The van der Waals surface area contributed by atoms with Gasteiger partial charge in [-0.15, -0.1) is 24.0 Å². The highest BCUT2D eigenvalue weighted by atomic mass is 127. The van der Waals surface area contributed by atoms with Crippen molar-refractivity contribution in [2.75, 3.05) is 45.2 Å². The van der Waals surface area contributed by atoms with Crippen LogP contribution in [0, 0.1) is 0 Å². The molecule has 1 N–H and O–H groups in total. The molecule has 3 rings (SSSR count). The Morgan fingerprint density at radius 2 is 1.85 bits per heavy atom. The maximum atomic E-state index is 5.41. The molecule has 0 unspecified atom stereocenters. The van der Waals surface area contributed by atoms with Crippen molar-refractivity contribution in [3.8, 4) is 5.75 Å². The molecule has 0 saturated carbocycles. The minimum atomic E-state index is 0. The van der Waals surface area contributed by atoms with Crippen molar-refractivity contribution in [2.24, 2.45) is 4.99 Å². The zero-order valence-electron chi connectivity index (χ0n) is 15.3. The van der Waals surface area contributed by atoms with E-state index < -0.39 is 0 Å². The number of aliphatic imine (C=N–C) groups is 1. The minimum absolute atomic E-state index is 0. The predicted molar refractivity (Wildman–Crippen MR) is 117 cm³/mol. The molecule has 0 aliphatic carbocycles. The second kappa shape index (κ2) is 10.2. The van der Waals surface area contributed by atoms with Crippen LogP contribution in [-0.2, 0) is 6.54 Å². The van der Waals surface area contributed by atoms with E-state index in [-0.39, 0.29) is 24.0 Å². The number of aromatic nitrogens is 1. The first kappa shape index (κ1) is 20.3. The number of pyridine rings is 1. The fourth-order valence-electron chi connectivity index (χ4n) is 3.04. The fraction of sp³-hybridized carbons (Fsp3) is 0.368. The van der Waals surface area contributed by atoms with Gasteiger partial charge in [0, 0.05) is 51.5 Å². The van der Waals surface area contributed by atoms with Crippen LogP contribution in [0.25, 0.3) is 0 Å². The van der Waals surface area contributed by atoms with E-state index in [1.165, 1.54) is 0 Å². The molecule has 1 aliphatic rings. The van der Waals surface area contributed by atoms with E-state index in [0.29, 0.717) is 6.54 Å². The Labute approximate surface area is 172 Å². The quantitative estimate of drug-likeness (QED) is 0.426. The molecule has 0 spiro atoms. The highest BCUT2D eigenvalue weighted by Crippen LogP contribution is 2.17. The number of hydrogen-bond acceptors (Lipinski definition) is 4. The number of ether oxygens (including phenoxy) is 1. The summed E-state index contributed by atoms with van der Waals surface area (Å²) < 4.78 is 5.41. The number of para-hydroxylation sites is 1. The maximum Gasteiger partial charge on any atom is 0.194 e. The van der Waals surface area contributed by atoms with Crippen molar-refractivity contribution in [3.63, 3.8) is 0 Å². The van der Waals surface area contributed by atoms with E-state index in [4.69, 9.17) is 4.74 Å². The molecule has 2 aromatic rings. The number of anilines is 1. The van der Waals surface area contributed by atoms with Crippen molar-refractivity contribution in [1.82, 2.24) is 15.2 Å². The number of nitrogens with one attached hydrogen (secondary N) is 1. The van der Waals surface area contributed by atoms with Crippen LogP contribution in [0.15, 0.2) is 53.7 Å². The van der Waals surface area contributed by atoms with Crippen LogP contribution in [0.5, 0.6) is 5.75 Å². The van der Waals surface area contributed by atoms with Crippen LogP contribution in [0.1, 0.15) is 5.56 Å². The molecule has 7 heteroatoms. The van der Waals surface area contributed by atoms with Crippen LogP contribution in [-0.4, -0.2) is 56.2 Å². The first-order chi connectivity index (χ1) is 12.3. The lowest BCUT2D eigenvalue weighted by Crippen LogP contribution is -2.52. The predicted octanol–water partition coefficient (Wildman–Crippen LogP) is 2.61. The lowest BCUT2D eigenvalue weighted by molar-refractivity contribution is 0.370. The van der Waals surface area contributed by atoms with Gasteiger partial charge in [0.25, 0.3) is 0 Å². The molecule has 1 aliphatic heterocycles. The lowest BCUT2D eigenvalue weighted by atomic mass is 10.2. The second-order valence-electron chi connectivity index (χ2n) is 5.87. The van der Waals surface area contributed by atoms with Gasteiger partial charge in [-0.3, -0.25) is 4.99 Å². The summed E-state index contributed by atoms with van der Waals surface area (Å²) in [6, 6.07) is 14.1. The largest absolute Gasteiger partial charge is 0.496 e. The Morgan fingerprint density at radius 3 is 2.50 bits per heavy atom. The Balaban J connectivity index is 0.00000243. The Kier molecular flexibility index (Phi) is 7.96. The average molecular weight is 467 g/mol. The Morgan fingerprint density at radius 1 is 1.12 bits per heavy atom. The van der Waals surface area contributed by atoms with Gasteiger partial charge >= 0.3 is 0 Å². The summed E-state index contributed by atoms with van der Waals surface area (Å²) in [7, 11) is 3.53. The third-order valence-corrected chi connectivity index (χ3v) is 4.39. The minimum Gasteiger partial charge on any atom is -0.496 e. The van der Waals surface area contributed by atoms with Crippen LogP contribution >= 0.6 is 24.0 Å². The van der Waals surface area contributed by atoms with E-state index in [9.17, 15) is 0 Å². The standard InChI is InChI=1S/C19H25N5O.HI/c1-20-19(22-15-16-7-3-4-8-17(16)25-2)24-13-11-23(12-14-24)18-9-5-6-10-21-18;/h3-10H,11-15H2,1-2H3,(H,20,22);1H. The van der Waals surface area contributed by atoms with Gasteiger partial charge in [0.05, 0.1) is 7.11 Å². The highest BCUT2D eigenvalue weighted by Gasteiger charge is 2.20. The van der Waals surface area contributed by atoms with E-state index in [1.54, 1.807) is 7.11 Å². The highest BCUT2D eigenvalue weighted by molar-refractivity contribution is 14.0. The molecule has 0 amide bonds. The zero-order valence-corrected chi connectivity index (χ0v) is 17.6. The molecular formula is C19H26IN5O. The summed E-state index contributed by atoms with van der Waals surface area (Å²) in [5.74, 6) is 2.86. The second-order valence-corrected chi connectivity index (χ2v) is 5.87. The number of guanidine groups is 1. The van der Waals surface area contributed by atoms with Crippen molar-refractivity contribution in [2.45, 2.75) is 6.54 Å². The van der Waals surface area contributed by atoms with Crippen molar-refractivity contribution >= 4 is 35.8 Å². The van der Waals surface area contributed by atoms with Gasteiger partial charge in [0.1, 0.15) is 11.6 Å². The van der Waals surface area contributed by atoms with Gasteiger partial charge in [-0.2, -0.15) is 0 Å². The summed E-state index contributed by atoms with van der Waals surface area (Å²) in [6.07, 6.45) is 1.84. The molecule has 2 heterocycles. The molecular weight excluding hydrogens is 441 g/mol. The average Bonchev–Trinajstić information content (AvgIpc) is 2.70. The fourth-order valence-corrected chi connectivity index (χ4v) is 3.04. The normalized spacial score (nSPS) is 14.6. The van der Waals surface area contributed by atoms with Gasteiger partial charge in [-0.25, -0.2) is 4.98 Å². The summed E-state index contributed by atoms with van der Waals surface area (Å²) in [4.78, 5) is 13.5. The van der Waals surface area contributed by atoms with Crippen molar-refractivity contribution < 1.29 is 4.74 Å². The van der Waals surface area contributed by atoms with Crippen molar-refractivity contribution in [3.05, 3.63) is 54.2 Å². The zero-order chi connectivity index (χ0) is 17.5. The van der Waals surface area contributed by atoms with Gasteiger partial charge in [-0.05, 0) is 18.2 Å². The van der Waals surface area contributed by atoms with Crippen molar-refractivity contribution in [1.29, 1.82) is 0 Å². The molecule has 140 valence electrons. The van der Waals surface area contributed by atoms with Crippen LogP contribution < -0.4 is 15.0 Å². The molecule has 1 saturated heterocycles. The Hall–Kier alpha value is -2.03. The number of piperazine rings is 1. The molecule has 26 heavy (non-hydrogen) atoms. The summed E-state index contributed by atoms with van der Waals surface area (Å²) in [5.41, 5.74) is 1.12. The SMILES string of the molecule is CN=C(NCc1ccccc1OC)N1CCN(c2ccccn2)CC1.I. The maximum absolute atomic E-state index is 5.41. The third kappa shape index (κ3) is 5.00. The van der Waals surface area contributed by atoms with Gasteiger partial charge < -0.3 is 19.9 Å². The van der Waals surface area contributed by atoms with E-state index in [2.05, 4.69) is 37.2 Å². The first-order valence-electron chi connectivity index (χ1n) is 8.55. The summed E-state index contributed by atoms with van der Waals surface area (Å²) in [5, 5.41) is 3.45. The van der Waals surface area contributed by atoms with Gasteiger partial charge in [-0.1, -0.05) is 24.3 Å². The lowest BCUT2D eigenvalue weighted by Gasteiger charge is -2.37. The van der Waals surface area contributed by atoms with Crippen LogP contribution in [0.4, 0.5) is 5.82 Å². The summed E-state index contributed by atoms with van der Waals surface area (Å²) in [6.45, 7) is 4.40. The molecule has 0 bridgehead atoms. The first-order valence-corrected chi connectivity index (χ1v) is 8.55. The monoisotopic (exact) mass is 467 g/mol. The van der Waals surface area contributed by atoms with Crippen LogP contribution in [0.3, 0.4) is 0 Å². The number of methoxy groups -OCH3 is 1.